The van der Waals surface area contributed by atoms with Crippen LogP contribution in [0.5, 0.6) is 0 Å². The van der Waals surface area contributed by atoms with Crippen molar-refractivity contribution in [3.63, 3.8) is 0 Å². The minimum atomic E-state index is 0.489. The van der Waals surface area contributed by atoms with E-state index in [0.717, 1.165) is 19.6 Å². The van der Waals surface area contributed by atoms with Gasteiger partial charge < -0.3 is 10.6 Å². The van der Waals surface area contributed by atoms with Crippen molar-refractivity contribution in [3.8, 4) is 0 Å². The molecule has 1 aromatic carbocycles. The molecule has 0 saturated carbocycles. The SMILES string of the molecule is Cc1ccc(C)c([C@@H]2CNCCN2)c1. The first-order valence-corrected chi connectivity index (χ1v) is 5.28. The fourth-order valence-corrected chi connectivity index (χ4v) is 2.01. The van der Waals surface area contributed by atoms with Gasteiger partial charge >= 0.3 is 0 Å². The highest BCUT2D eigenvalue weighted by Crippen LogP contribution is 2.19. The zero-order chi connectivity index (χ0) is 9.97. The zero-order valence-corrected chi connectivity index (χ0v) is 8.93. The summed E-state index contributed by atoms with van der Waals surface area (Å²) in [6.07, 6.45) is 0. The molecule has 0 bridgehead atoms. The second-order valence-electron chi connectivity index (χ2n) is 4.07. The van der Waals surface area contributed by atoms with Crippen LogP contribution in [-0.4, -0.2) is 19.6 Å². The highest BCUT2D eigenvalue weighted by molar-refractivity contribution is 5.33. The van der Waals surface area contributed by atoms with Gasteiger partial charge in [-0.25, -0.2) is 0 Å². The Balaban J connectivity index is 2.24. The van der Waals surface area contributed by atoms with Crippen LogP contribution in [0.2, 0.25) is 0 Å². The monoisotopic (exact) mass is 190 g/mol. The van der Waals surface area contributed by atoms with E-state index in [1.807, 2.05) is 0 Å². The third-order valence-corrected chi connectivity index (χ3v) is 2.85. The summed E-state index contributed by atoms with van der Waals surface area (Å²) in [6, 6.07) is 7.17. The van der Waals surface area contributed by atoms with Crippen molar-refractivity contribution in [1.29, 1.82) is 0 Å². The van der Waals surface area contributed by atoms with Crippen molar-refractivity contribution in [2.75, 3.05) is 19.6 Å². The second kappa shape index (κ2) is 4.11. The molecule has 1 fully saturated rings. The highest BCUT2D eigenvalue weighted by atomic mass is 15.1. The Hall–Kier alpha value is -0.860. The number of hydrogen-bond donors (Lipinski definition) is 2. The topological polar surface area (TPSA) is 24.1 Å². The highest BCUT2D eigenvalue weighted by Gasteiger charge is 2.15. The summed E-state index contributed by atoms with van der Waals surface area (Å²) in [5, 5.41) is 6.96. The summed E-state index contributed by atoms with van der Waals surface area (Å²) >= 11 is 0. The lowest BCUT2D eigenvalue weighted by molar-refractivity contribution is 0.429. The molecule has 76 valence electrons. The third-order valence-electron chi connectivity index (χ3n) is 2.85. The molecule has 2 N–H and O–H groups in total. The predicted octanol–water partition coefficient (Wildman–Crippen LogP) is 1.54. The molecule has 2 rings (SSSR count). The smallest absolute Gasteiger partial charge is 0.0449 e. The summed E-state index contributed by atoms with van der Waals surface area (Å²) in [4.78, 5) is 0. The third kappa shape index (κ3) is 1.97. The second-order valence-corrected chi connectivity index (χ2v) is 4.07. The summed E-state index contributed by atoms with van der Waals surface area (Å²) in [6.45, 7) is 7.54. The van der Waals surface area contributed by atoms with E-state index in [9.17, 15) is 0 Å². The molecule has 1 aromatic rings. The summed E-state index contributed by atoms with van der Waals surface area (Å²) in [7, 11) is 0. The number of piperazine rings is 1. The van der Waals surface area contributed by atoms with Crippen molar-refractivity contribution in [2.24, 2.45) is 0 Å². The van der Waals surface area contributed by atoms with Crippen molar-refractivity contribution < 1.29 is 0 Å². The van der Waals surface area contributed by atoms with Gasteiger partial charge in [0.1, 0.15) is 0 Å². The molecule has 2 nitrogen and oxygen atoms in total. The molecule has 0 aromatic heterocycles. The van der Waals surface area contributed by atoms with Gasteiger partial charge in [0.05, 0.1) is 0 Å². The lowest BCUT2D eigenvalue weighted by Gasteiger charge is -2.26. The Kier molecular flexibility index (Phi) is 2.85. The number of rotatable bonds is 1. The molecule has 1 aliphatic rings. The van der Waals surface area contributed by atoms with Crippen molar-refractivity contribution in [2.45, 2.75) is 19.9 Å². The van der Waals surface area contributed by atoms with E-state index in [-0.39, 0.29) is 0 Å². The Bertz CT molecular complexity index is 314. The van der Waals surface area contributed by atoms with Gasteiger partial charge in [-0.15, -0.1) is 0 Å². The van der Waals surface area contributed by atoms with Crippen molar-refractivity contribution >= 4 is 0 Å². The minimum absolute atomic E-state index is 0.489. The predicted molar refractivity (Wildman–Crippen MR) is 59.5 cm³/mol. The van der Waals surface area contributed by atoms with Crippen LogP contribution in [0.15, 0.2) is 18.2 Å². The molecule has 1 saturated heterocycles. The van der Waals surface area contributed by atoms with Crippen LogP contribution in [0.25, 0.3) is 0 Å². The van der Waals surface area contributed by atoms with Crippen molar-refractivity contribution in [3.05, 3.63) is 34.9 Å². The van der Waals surface area contributed by atoms with Crippen LogP contribution in [0.4, 0.5) is 0 Å². The molecular formula is C12H18N2. The summed E-state index contributed by atoms with van der Waals surface area (Å²) in [5.74, 6) is 0. The Morgan fingerprint density at radius 1 is 1.21 bits per heavy atom. The van der Waals surface area contributed by atoms with E-state index < -0.39 is 0 Å². The lowest BCUT2D eigenvalue weighted by Crippen LogP contribution is -2.42. The van der Waals surface area contributed by atoms with Gasteiger partial charge in [0.2, 0.25) is 0 Å². The maximum atomic E-state index is 3.54. The molecule has 0 spiro atoms. The number of benzene rings is 1. The maximum Gasteiger partial charge on any atom is 0.0449 e. The van der Waals surface area contributed by atoms with E-state index in [1.54, 1.807) is 0 Å². The van der Waals surface area contributed by atoms with Gasteiger partial charge in [-0.05, 0) is 25.0 Å². The van der Waals surface area contributed by atoms with Crippen LogP contribution in [0.1, 0.15) is 22.7 Å². The fourth-order valence-electron chi connectivity index (χ4n) is 2.01. The first kappa shape index (κ1) is 9.69. The average Bonchev–Trinajstić information content (AvgIpc) is 2.23. The lowest BCUT2D eigenvalue weighted by atomic mass is 9.98. The normalized spacial score (nSPS) is 22.3. The van der Waals surface area contributed by atoms with Crippen LogP contribution in [0, 0.1) is 13.8 Å². The molecule has 0 unspecified atom stereocenters. The molecular weight excluding hydrogens is 172 g/mol. The molecule has 0 aliphatic carbocycles. The molecule has 1 aliphatic heterocycles. The standard InChI is InChI=1S/C12H18N2/c1-9-3-4-10(2)11(7-9)12-8-13-5-6-14-12/h3-4,7,12-14H,5-6,8H2,1-2H3/t12-/m0/s1. The Morgan fingerprint density at radius 3 is 2.79 bits per heavy atom. The van der Waals surface area contributed by atoms with E-state index >= 15 is 0 Å². The van der Waals surface area contributed by atoms with Crippen LogP contribution in [0.3, 0.4) is 0 Å². The van der Waals surface area contributed by atoms with Crippen molar-refractivity contribution in [1.82, 2.24) is 10.6 Å². The van der Waals surface area contributed by atoms with Gasteiger partial charge in [0, 0.05) is 25.7 Å². The van der Waals surface area contributed by atoms with Gasteiger partial charge in [-0.2, -0.15) is 0 Å². The minimum Gasteiger partial charge on any atom is -0.314 e. The van der Waals surface area contributed by atoms with E-state index in [1.165, 1.54) is 16.7 Å². The number of hydrogen-bond acceptors (Lipinski definition) is 2. The van der Waals surface area contributed by atoms with Gasteiger partial charge in [0.25, 0.3) is 0 Å². The average molecular weight is 190 g/mol. The van der Waals surface area contributed by atoms with Gasteiger partial charge in [-0.1, -0.05) is 23.8 Å². The fraction of sp³-hybridized carbons (Fsp3) is 0.500. The van der Waals surface area contributed by atoms with Gasteiger partial charge in [-0.3, -0.25) is 0 Å². The molecule has 1 heterocycles. The van der Waals surface area contributed by atoms with Crippen LogP contribution >= 0.6 is 0 Å². The van der Waals surface area contributed by atoms with Crippen LogP contribution in [-0.2, 0) is 0 Å². The van der Waals surface area contributed by atoms with E-state index in [0.29, 0.717) is 6.04 Å². The molecule has 14 heavy (non-hydrogen) atoms. The molecule has 0 amide bonds. The zero-order valence-electron chi connectivity index (χ0n) is 8.93. The van der Waals surface area contributed by atoms with E-state index in [4.69, 9.17) is 0 Å². The van der Waals surface area contributed by atoms with Crippen LogP contribution < -0.4 is 10.6 Å². The summed E-state index contributed by atoms with van der Waals surface area (Å²) < 4.78 is 0. The van der Waals surface area contributed by atoms with Gasteiger partial charge in [0.15, 0.2) is 0 Å². The first-order valence-electron chi connectivity index (χ1n) is 5.28. The Labute approximate surface area is 85.7 Å². The first-order chi connectivity index (χ1) is 6.77. The molecule has 0 radical (unpaired) electrons. The maximum absolute atomic E-state index is 3.54. The number of nitrogens with one attached hydrogen (secondary N) is 2. The Morgan fingerprint density at radius 2 is 2.07 bits per heavy atom. The number of aryl methyl sites for hydroxylation is 2. The largest absolute Gasteiger partial charge is 0.314 e. The molecule has 1 atom stereocenters. The quantitative estimate of drug-likeness (QED) is 0.702. The molecule has 2 heteroatoms. The summed E-state index contributed by atoms with van der Waals surface area (Å²) in [5.41, 5.74) is 4.17. The van der Waals surface area contributed by atoms with E-state index in [2.05, 4.69) is 42.7 Å².